The molecular formula is C12H15F2NO5S. The summed E-state index contributed by atoms with van der Waals surface area (Å²) in [6, 6.07) is 3.60. The zero-order valence-corrected chi connectivity index (χ0v) is 12.1. The van der Waals surface area contributed by atoms with Crippen molar-refractivity contribution in [2.45, 2.75) is 10.8 Å². The monoisotopic (exact) mass is 323 g/mol. The van der Waals surface area contributed by atoms with E-state index in [0.29, 0.717) is 4.31 Å². The lowest BCUT2D eigenvalue weighted by Gasteiger charge is -2.23. The minimum Gasteiger partial charge on any atom is -0.507 e. The fraction of sp³-hybridized carbons (Fsp3) is 0.500. The molecule has 21 heavy (non-hydrogen) atoms. The van der Waals surface area contributed by atoms with Gasteiger partial charge in [0.1, 0.15) is 23.0 Å². The van der Waals surface area contributed by atoms with Crippen molar-refractivity contribution in [3.8, 4) is 11.5 Å². The highest BCUT2D eigenvalue weighted by Crippen LogP contribution is 2.31. The van der Waals surface area contributed by atoms with Crippen LogP contribution in [-0.4, -0.2) is 57.2 Å². The van der Waals surface area contributed by atoms with Crippen molar-refractivity contribution >= 4 is 10.0 Å². The Morgan fingerprint density at radius 1 is 1.43 bits per heavy atom. The molecule has 1 N–H and O–H groups in total. The third-order valence-electron chi connectivity index (χ3n) is 2.99. The van der Waals surface area contributed by atoms with Crippen LogP contribution in [0.5, 0.6) is 11.5 Å². The lowest BCUT2D eigenvalue weighted by atomic mass is 10.3. The van der Waals surface area contributed by atoms with Gasteiger partial charge in [0.15, 0.2) is 0 Å². The second-order valence-electron chi connectivity index (χ2n) is 4.58. The van der Waals surface area contributed by atoms with E-state index in [0.717, 1.165) is 12.1 Å². The summed E-state index contributed by atoms with van der Waals surface area (Å²) in [5, 5.41) is 9.72. The summed E-state index contributed by atoms with van der Waals surface area (Å²) in [6.07, 6.45) is 0. The van der Waals surface area contributed by atoms with Gasteiger partial charge >= 0.3 is 0 Å². The minimum atomic E-state index is -4.28. The van der Waals surface area contributed by atoms with Gasteiger partial charge in [-0.2, -0.15) is 4.31 Å². The van der Waals surface area contributed by atoms with Gasteiger partial charge in [0.25, 0.3) is 5.92 Å². The number of phenols is 1. The second-order valence-corrected chi connectivity index (χ2v) is 6.49. The molecule has 0 unspecified atom stereocenters. The highest BCUT2D eigenvalue weighted by molar-refractivity contribution is 7.89. The SMILES string of the molecule is COc1ccc(O)c(S(=O)(=O)N2CCOCC(F)(F)C2)c1. The molecule has 1 heterocycles. The first kappa shape index (κ1) is 15.9. The van der Waals surface area contributed by atoms with Gasteiger partial charge in [0.05, 0.1) is 20.3 Å². The van der Waals surface area contributed by atoms with Crippen LogP contribution in [0, 0.1) is 0 Å². The van der Waals surface area contributed by atoms with Crippen molar-refractivity contribution in [2.75, 3.05) is 33.4 Å². The highest BCUT2D eigenvalue weighted by Gasteiger charge is 2.40. The maximum atomic E-state index is 13.5. The minimum absolute atomic E-state index is 0.139. The number of ether oxygens (including phenoxy) is 2. The molecule has 2 rings (SSSR count). The predicted molar refractivity (Wildman–Crippen MR) is 69.2 cm³/mol. The van der Waals surface area contributed by atoms with E-state index in [1.165, 1.54) is 13.2 Å². The van der Waals surface area contributed by atoms with Crippen LogP contribution in [0.25, 0.3) is 0 Å². The van der Waals surface area contributed by atoms with E-state index in [1.54, 1.807) is 0 Å². The summed E-state index contributed by atoms with van der Waals surface area (Å²) in [6.45, 7) is -2.18. The lowest BCUT2D eigenvalue weighted by Crippen LogP contribution is -2.41. The van der Waals surface area contributed by atoms with Crippen LogP contribution in [0.3, 0.4) is 0 Å². The fourth-order valence-electron chi connectivity index (χ4n) is 1.94. The van der Waals surface area contributed by atoms with Crippen LogP contribution in [0.15, 0.2) is 23.1 Å². The van der Waals surface area contributed by atoms with Crippen molar-refractivity contribution < 1.29 is 31.8 Å². The Hall–Kier alpha value is -1.45. The zero-order chi connectivity index (χ0) is 15.7. The number of phenolic OH excluding ortho intramolecular Hbond substituents is 1. The van der Waals surface area contributed by atoms with Gasteiger partial charge in [0.2, 0.25) is 10.0 Å². The van der Waals surface area contributed by atoms with Crippen molar-refractivity contribution in [2.24, 2.45) is 0 Å². The first-order valence-corrected chi connectivity index (χ1v) is 7.53. The molecule has 0 atom stereocenters. The summed E-state index contributed by atoms with van der Waals surface area (Å²) >= 11 is 0. The third-order valence-corrected chi connectivity index (χ3v) is 4.87. The van der Waals surface area contributed by atoms with Crippen molar-refractivity contribution in [3.63, 3.8) is 0 Å². The van der Waals surface area contributed by atoms with Gasteiger partial charge in [-0.25, -0.2) is 17.2 Å². The average Bonchev–Trinajstić information content (AvgIpc) is 2.60. The summed E-state index contributed by atoms with van der Waals surface area (Å²) in [5.74, 6) is -3.61. The molecular weight excluding hydrogens is 308 g/mol. The van der Waals surface area contributed by atoms with Crippen molar-refractivity contribution in [1.82, 2.24) is 4.31 Å². The van der Waals surface area contributed by atoms with Crippen LogP contribution in [0.4, 0.5) is 8.78 Å². The Balaban J connectivity index is 2.41. The van der Waals surface area contributed by atoms with Crippen molar-refractivity contribution in [1.29, 1.82) is 0 Å². The molecule has 0 saturated carbocycles. The summed E-state index contributed by atoms with van der Waals surface area (Å²) < 4.78 is 62.1. The smallest absolute Gasteiger partial charge is 0.284 e. The number of hydrogen-bond acceptors (Lipinski definition) is 5. The van der Waals surface area contributed by atoms with E-state index in [1.807, 2.05) is 0 Å². The lowest BCUT2D eigenvalue weighted by molar-refractivity contribution is -0.0630. The zero-order valence-electron chi connectivity index (χ0n) is 11.3. The molecule has 1 aliphatic rings. The van der Waals surface area contributed by atoms with Gasteiger partial charge in [-0.05, 0) is 12.1 Å². The highest BCUT2D eigenvalue weighted by atomic mass is 32.2. The van der Waals surface area contributed by atoms with E-state index in [4.69, 9.17) is 9.47 Å². The fourth-order valence-corrected chi connectivity index (χ4v) is 3.49. The largest absolute Gasteiger partial charge is 0.507 e. The molecule has 9 heteroatoms. The van der Waals surface area contributed by atoms with Gasteiger partial charge in [-0.1, -0.05) is 0 Å². The van der Waals surface area contributed by atoms with Gasteiger partial charge in [0, 0.05) is 12.6 Å². The standard InChI is InChI=1S/C12H15F2NO5S/c1-19-9-2-3-10(16)11(6-9)21(17,18)15-4-5-20-8-12(13,14)7-15/h2-3,6,16H,4-5,7-8H2,1H3. The third kappa shape index (κ3) is 3.42. The maximum absolute atomic E-state index is 13.5. The number of aromatic hydroxyl groups is 1. The molecule has 6 nitrogen and oxygen atoms in total. The summed E-state index contributed by atoms with van der Waals surface area (Å²) in [5.41, 5.74) is 0. The van der Waals surface area contributed by atoms with E-state index < -0.39 is 39.7 Å². The molecule has 0 aromatic heterocycles. The van der Waals surface area contributed by atoms with E-state index in [2.05, 4.69) is 0 Å². The topological polar surface area (TPSA) is 76.1 Å². The van der Waals surface area contributed by atoms with E-state index in [9.17, 15) is 22.3 Å². The molecule has 0 amide bonds. The maximum Gasteiger partial charge on any atom is 0.284 e. The molecule has 0 aliphatic carbocycles. The molecule has 1 saturated heterocycles. The second kappa shape index (κ2) is 5.74. The Labute approximate surface area is 120 Å². The number of hydrogen-bond donors (Lipinski definition) is 1. The Morgan fingerprint density at radius 3 is 2.81 bits per heavy atom. The first-order valence-electron chi connectivity index (χ1n) is 6.09. The molecule has 0 spiro atoms. The van der Waals surface area contributed by atoms with Crippen LogP contribution in [0.2, 0.25) is 0 Å². The number of nitrogens with zero attached hydrogens (tertiary/aromatic N) is 1. The van der Waals surface area contributed by atoms with Crippen LogP contribution >= 0.6 is 0 Å². The van der Waals surface area contributed by atoms with Crippen LogP contribution in [-0.2, 0) is 14.8 Å². The molecule has 1 fully saturated rings. The number of sulfonamides is 1. The quantitative estimate of drug-likeness (QED) is 0.900. The number of alkyl halides is 2. The summed E-state index contributed by atoms with van der Waals surface area (Å²) in [4.78, 5) is -0.473. The predicted octanol–water partition coefficient (Wildman–Crippen LogP) is 1.06. The van der Waals surface area contributed by atoms with Gasteiger partial charge in [-0.3, -0.25) is 0 Å². The Morgan fingerprint density at radius 2 is 2.14 bits per heavy atom. The van der Waals surface area contributed by atoms with E-state index >= 15 is 0 Å². The van der Waals surface area contributed by atoms with Gasteiger partial charge < -0.3 is 14.6 Å². The van der Waals surface area contributed by atoms with Crippen LogP contribution in [0.1, 0.15) is 0 Å². The molecule has 1 aromatic carbocycles. The number of benzene rings is 1. The summed E-state index contributed by atoms with van der Waals surface area (Å²) in [7, 11) is -2.95. The number of rotatable bonds is 3. The van der Waals surface area contributed by atoms with E-state index in [-0.39, 0.29) is 18.9 Å². The number of halogens is 2. The molecule has 0 bridgehead atoms. The molecule has 1 aromatic rings. The Kier molecular flexibility index (Phi) is 4.35. The van der Waals surface area contributed by atoms with Crippen LogP contribution < -0.4 is 4.74 Å². The molecule has 1 aliphatic heterocycles. The first-order chi connectivity index (χ1) is 9.76. The number of methoxy groups -OCH3 is 1. The molecule has 0 radical (unpaired) electrons. The van der Waals surface area contributed by atoms with Gasteiger partial charge in [-0.15, -0.1) is 0 Å². The normalized spacial score (nSPS) is 20.0. The Bertz CT molecular complexity index is 620. The average molecular weight is 323 g/mol. The molecule has 118 valence electrons. The van der Waals surface area contributed by atoms with Crippen molar-refractivity contribution in [3.05, 3.63) is 18.2 Å².